The highest BCUT2D eigenvalue weighted by molar-refractivity contribution is 5.39. The summed E-state index contributed by atoms with van der Waals surface area (Å²) in [5, 5.41) is 11.7. The molecule has 0 saturated carbocycles. The minimum absolute atomic E-state index is 0.769. The number of nitrogens with one attached hydrogen (secondary N) is 1. The number of piperidine rings is 1. The number of methoxy groups -OCH3 is 1. The van der Waals surface area contributed by atoms with Crippen LogP contribution in [0.25, 0.3) is 0 Å². The van der Waals surface area contributed by atoms with Crippen molar-refractivity contribution in [1.82, 2.24) is 15.5 Å². The molecule has 1 fully saturated rings. The molecule has 0 atom stereocenters. The van der Waals surface area contributed by atoms with E-state index in [4.69, 9.17) is 4.74 Å². The minimum Gasteiger partial charge on any atom is -0.383 e. The lowest BCUT2D eigenvalue weighted by atomic mass is 9.97. The molecule has 1 saturated heterocycles. The zero-order valence-electron chi connectivity index (χ0n) is 11.9. The fourth-order valence-corrected chi connectivity index (χ4v) is 2.45. The van der Waals surface area contributed by atoms with Crippen molar-refractivity contribution in [2.24, 2.45) is 5.92 Å². The molecule has 5 nitrogen and oxygen atoms in total. The Morgan fingerprint density at radius 2 is 2.21 bits per heavy atom. The van der Waals surface area contributed by atoms with Gasteiger partial charge in [-0.3, -0.25) is 0 Å². The topological polar surface area (TPSA) is 50.3 Å². The fourth-order valence-electron chi connectivity index (χ4n) is 2.45. The first-order valence-electron chi connectivity index (χ1n) is 7.03. The molecule has 0 aliphatic carbocycles. The second-order valence-corrected chi connectivity index (χ2v) is 5.22. The van der Waals surface area contributed by atoms with Crippen LogP contribution in [0.15, 0.2) is 12.3 Å². The largest absolute Gasteiger partial charge is 0.383 e. The van der Waals surface area contributed by atoms with E-state index in [9.17, 15) is 0 Å². The van der Waals surface area contributed by atoms with E-state index in [1.165, 1.54) is 18.4 Å². The van der Waals surface area contributed by atoms with Gasteiger partial charge < -0.3 is 15.0 Å². The van der Waals surface area contributed by atoms with Gasteiger partial charge in [0.05, 0.1) is 12.8 Å². The Kier molecular flexibility index (Phi) is 5.54. The number of hydrogen-bond acceptors (Lipinski definition) is 5. The molecule has 0 radical (unpaired) electrons. The summed E-state index contributed by atoms with van der Waals surface area (Å²) in [5.41, 5.74) is 1.17. The molecule has 1 aromatic heterocycles. The van der Waals surface area contributed by atoms with Gasteiger partial charge in [-0.05, 0) is 43.9 Å². The summed E-state index contributed by atoms with van der Waals surface area (Å²) in [6.07, 6.45) is 4.24. The number of hydrogen-bond donors (Lipinski definition) is 1. The van der Waals surface area contributed by atoms with Gasteiger partial charge in [-0.2, -0.15) is 5.10 Å². The average Bonchev–Trinajstić information content (AvgIpc) is 2.44. The highest BCUT2D eigenvalue weighted by Crippen LogP contribution is 2.21. The highest BCUT2D eigenvalue weighted by atomic mass is 16.5. The molecule has 0 bridgehead atoms. The third-order valence-corrected chi connectivity index (χ3v) is 3.63. The van der Waals surface area contributed by atoms with Gasteiger partial charge in [0, 0.05) is 26.7 Å². The summed E-state index contributed by atoms with van der Waals surface area (Å²) in [6, 6.07) is 2.12. The molecule has 1 aromatic rings. The van der Waals surface area contributed by atoms with Crippen LogP contribution in [0.4, 0.5) is 5.82 Å². The lowest BCUT2D eigenvalue weighted by Gasteiger charge is -2.32. The van der Waals surface area contributed by atoms with E-state index in [0.717, 1.165) is 44.5 Å². The van der Waals surface area contributed by atoms with E-state index in [0.29, 0.717) is 0 Å². The lowest BCUT2D eigenvalue weighted by molar-refractivity contribution is 0.196. The quantitative estimate of drug-likeness (QED) is 0.783. The van der Waals surface area contributed by atoms with Crippen molar-refractivity contribution in [3.05, 3.63) is 17.8 Å². The third kappa shape index (κ3) is 4.44. The molecule has 1 N–H and O–H groups in total. The number of nitrogens with zero attached hydrogens (tertiary/aromatic N) is 3. The number of aryl methyl sites for hydroxylation is 1. The molecule has 1 aliphatic rings. The van der Waals surface area contributed by atoms with Crippen molar-refractivity contribution >= 4 is 5.82 Å². The predicted octanol–water partition coefficient (Wildman–Crippen LogP) is 1.24. The fraction of sp³-hybridized carbons (Fsp3) is 0.714. The Bertz CT molecular complexity index is 377. The molecule has 5 heteroatoms. The second-order valence-electron chi connectivity index (χ2n) is 5.22. The Morgan fingerprint density at radius 3 is 2.89 bits per heavy atom. The molecule has 2 heterocycles. The van der Waals surface area contributed by atoms with Gasteiger partial charge in [0.1, 0.15) is 0 Å². The van der Waals surface area contributed by atoms with Crippen LogP contribution in [0.2, 0.25) is 0 Å². The highest BCUT2D eigenvalue weighted by Gasteiger charge is 2.19. The number of aromatic nitrogens is 2. The summed E-state index contributed by atoms with van der Waals surface area (Å²) in [5.74, 6) is 1.79. The van der Waals surface area contributed by atoms with Crippen molar-refractivity contribution in [1.29, 1.82) is 0 Å². The molecule has 1 aliphatic heterocycles. The molecular weight excluding hydrogens is 240 g/mol. The van der Waals surface area contributed by atoms with Crippen molar-refractivity contribution < 1.29 is 4.74 Å². The van der Waals surface area contributed by atoms with Crippen molar-refractivity contribution in [2.45, 2.75) is 19.8 Å². The molecule has 0 unspecified atom stereocenters. The maximum Gasteiger partial charge on any atom is 0.151 e. The zero-order chi connectivity index (χ0) is 13.5. The van der Waals surface area contributed by atoms with Gasteiger partial charge in [-0.25, -0.2) is 0 Å². The number of rotatable bonds is 6. The van der Waals surface area contributed by atoms with E-state index in [2.05, 4.69) is 33.4 Å². The van der Waals surface area contributed by atoms with Crippen LogP contribution in [0, 0.1) is 12.8 Å². The normalized spacial score (nSPS) is 16.8. The molecule has 0 amide bonds. The van der Waals surface area contributed by atoms with E-state index in [1.54, 1.807) is 13.3 Å². The summed E-state index contributed by atoms with van der Waals surface area (Å²) >= 11 is 0. The van der Waals surface area contributed by atoms with Crippen LogP contribution in [0.3, 0.4) is 0 Å². The molecular formula is C14H24N4O. The van der Waals surface area contributed by atoms with Crippen molar-refractivity contribution in [3.8, 4) is 0 Å². The molecule has 2 rings (SSSR count). The van der Waals surface area contributed by atoms with Crippen molar-refractivity contribution in [2.75, 3.05) is 44.8 Å². The minimum atomic E-state index is 0.769. The monoisotopic (exact) mass is 264 g/mol. The number of anilines is 1. The van der Waals surface area contributed by atoms with Crippen LogP contribution >= 0.6 is 0 Å². The standard InChI is InChI=1S/C14H24N4O/c1-12-9-14(17-16-10-12)18-6-3-13(4-7-18)11-15-5-8-19-2/h9-10,13,15H,3-8,11H2,1-2H3. The van der Waals surface area contributed by atoms with Crippen LogP contribution in [-0.4, -0.2) is 50.1 Å². The Morgan fingerprint density at radius 1 is 1.42 bits per heavy atom. The molecule has 0 aromatic carbocycles. The maximum absolute atomic E-state index is 5.03. The van der Waals surface area contributed by atoms with Crippen LogP contribution in [-0.2, 0) is 4.74 Å². The maximum atomic E-state index is 5.03. The number of ether oxygens (including phenoxy) is 1. The lowest BCUT2D eigenvalue weighted by Crippen LogP contribution is -2.38. The van der Waals surface area contributed by atoms with Crippen LogP contribution in [0.1, 0.15) is 18.4 Å². The first kappa shape index (κ1) is 14.2. The summed E-state index contributed by atoms with van der Waals surface area (Å²) in [6.45, 7) is 7.04. The Labute approximate surface area is 115 Å². The van der Waals surface area contributed by atoms with E-state index < -0.39 is 0 Å². The van der Waals surface area contributed by atoms with Gasteiger partial charge in [-0.1, -0.05) is 0 Å². The van der Waals surface area contributed by atoms with E-state index in [-0.39, 0.29) is 0 Å². The third-order valence-electron chi connectivity index (χ3n) is 3.63. The molecule has 19 heavy (non-hydrogen) atoms. The van der Waals surface area contributed by atoms with Crippen LogP contribution < -0.4 is 10.2 Å². The van der Waals surface area contributed by atoms with Gasteiger partial charge >= 0.3 is 0 Å². The Balaban J connectivity index is 1.73. The first-order valence-corrected chi connectivity index (χ1v) is 7.03. The van der Waals surface area contributed by atoms with E-state index >= 15 is 0 Å². The van der Waals surface area contributed by atoms with Crippen molar-refractivity contribution in [3.63, 3.8) is 0 Å². The predicted molar refractivity (Wildman–Crippen MR) is 76.5 cm³/mol. The van der Waals surface area contributed by atoms with Gasteiger partial charge in [0.15, 0.2) is 5.82 Å². The SMILES string of the molecule is COCCNCC1CCN(c2cc(C)cnn2)CC1. The van der Waals surface area contributed by atoms with E-state index in [1.807, 2.05) is 0 Å². The smallest absolute Gasteiger partial charge is 0.151 e. The van der Waals surface area contributed by atoms with Gasteiger partial charge in [-0.15, -0.1) is 5.10 Å². The van der Waals surface area contributed by atoms with Crippen LogP contribution in [0.5, 0.6) is 0 Å². The molecule has 106 valence electrons. The second kappa shape index (κ2) is 7.40. The molecule has 0 spiro atoms. The zero-order valence-corrected chi connectivity index (χ0v) is 11.9. The van der Waals surface area contributed by atoms with Gasteiger partial charge in [0.2, 0.25) is 0 Å². The summed E-state index contributed by atoms with van der Waals surface area (Å²) in [7, 11) is 1.74. The Hall–Kier alpha value is -1.20. The average molecular weight is 264 g/mol. The van der Waals surface area contributed by atoms with Gasteiger partial charge in [0.25, 0.3) is 0 Å². The summed E-state index contributed by atoms with van der Waals surface area (Å²) < 4.78 is 5.03. The first-order chi connectivity index (χ1) is 9.29. The summed E-state index contributed by atoms with van der Waals surface area (Å²) in [4.78, 5) is 2.34.